The van der Waals surface area contributed by atoms with Crippen molar-refractivity contribution in [2.75, 3.05) is 25.5 Å². The Bertz CT molecular complexity index is 454. The first-order valence-electron chi connectivity index (χ1n) is 8.48. The molecule has 1 aromatic carbocycles. The second kappa shape index (κ2) is 8.94. The lowest BCUT2D eigenvalue weighted by molar-refractivity contribution is -0.117. The first-order chi connectivity index (χ1) is 10.4. The molecular weight excluding hydrogens is 272 g/mol. The fraction of sp³-hybridized carbons (Fsp3) is 0.632. The number of nitrogens with zero attached hydrogens (tertiary/aromatic N) is 1. The van der Waals surface area contributed by atoms with Crippen molar-refractivity contribution in [3.05, 3.63) is 29.3 Å². The predicted octanol–water partition coefficient (Wildman–Crippen LogP) is 4.60. The van der Waals surface area contributed by atoms with Crippen LogP contribution in [-0.4, -0.2) is 30.9 Å². The number of benzene rings is 1. The van der Waals surface area contributed by atoms with E-state index >= 15 is 0 Å². The largest absolute Gasteiger partial charge is 0.324 e. The Hall–Kier alpha value is -1.35. The maximum absolute atomic E-state index is 12.4. The molecule has 0 aromatic heterocycles. The number of hydrogen-bond acceptors (Lipinski definition) is 2. The number of carbonyl (C=O) groups is 1. The summed E-state index contributed by atoms with van der Waals surface area (Å²) in [6.07, 6.45) is 2.28. The van der Waals surface area contributed by atoms with E-state index in [1.807, 2.05) is 7.05 Å². The zero-order valence-electron chi connectivity index (χ0n) is 15.1. The zero-order chi connectivity index (χ0) is 16.7. The molecule has 0 fully saturated rings. The van der Waals surface area contributed by atoms with Gasteiger partial charge in [0.1, 0.15) is 0 Å². The van der Waals surface area contributed by atoms with Crippen molar-refractivity contribution in [3.8, 4) is 0 Å². The highest BCUT2D eigenvalue weighted by Crippen LogP contribution is 2.32. The Morgan fingerprint density at radius 3 is 2.14 bits per heavy atom. The van der Waals surface area contributed by atoms with Gasteiger partial charge in [0.05, 0.1) is 6.54 Å². The third-order valence-electron chi connectivity index (χ3n) is 3.94. The van der Waals surface area contributed by atoms with E-state index in [0.29, 0.717) is 18.4 Å². The maximum Gasteiger partial charge on any atom is 0.238 e. The van der Waals surface area contributed by atoms with E-state index in [1.165, 1.54) is 11.1 Å². The number of nitrogens with one attached hydrogen (secondary N) is 1. The second-order valence-electron chi connectivity index (χ2n) is 6.76. The molecule has 0 aliphatic heterocycles. The average molecular weight is 304 g/mol. The summed E-state index contributed by atoms with van der Waals surface area (Å²) in [7, 11) is 2.01. The Balaban J connectivity index is 2.89. The molecule has 0 aliphatic rings. The van der Waals surface area contributed by atoms with E-state index in [1.54, 1.807) is 0 Å². The van der Waals surface area contributed by atoms with Crippen molar-refractivity contribution in [2.24, 2.45) is 0 Å². The molecule has 3 heteroatoms. The Morgan fingerprint density at radius 2 is 1.68 bits per heavy atom. The molecule has 1 amide bonds. The van der Waals surface area contributed by atoms with Gasteiger partial charge in [-0.1, -0.05) is 59.2 Å². The summed E-state index contributed by atoms with van der Waals surface area (Å²) in [5.74, 6) is 0.868. The van der Waals surface area contributed by atoms with Gasteiger partial charge in [0.2, 0.25) is 5.91 Å². The number of carbonyl (C=O) groups excluding carboxylic acids is 1. The van der Waals surface area contributed by atoms with Gasteiger partial charge in [-0.25, -0.2) is 0 Å². The molecule has 1 N–H and O–H groups in total. The monoisotopic (exact) mass is 304 g/mol. The number of anilines is 1. The summed E-state index contributed by atoms with van der Waals surface area (Å²) < 4.78 is 0. The molecule has 3 nitrogen and oxygen atoms in total. The van der Waals surface area contributed by atoms with Crippen molar-refractivity contribution in [2.45, 2.75) is 59.3 Å². The van der Waals surface area contributed by atoms with Crippen LogP contribution in [0.2, 0.25) is 0 Å². The first-order valence-corrected chi connectivity index (χ1v) is 8.48. The van der Waals surface area contributed by atoms with Gasteiger partial charge in [-0.2, -0.15) is 0 Å². The van der Waals surface area contributed by atoms with Gasteiger partial charge < -0.3 is 5.32 Å². The zero-order valence-corrected chi connectivity index (χ0v) is 15.1. The number of unbranched alkanes of at least 4 members (excludes halogenated alkanes) is 1. The molecule has 0 radical (unpaired) electrons. The van der Waals surface area contributed by atoms with Crippen LogP contribution < -0.4 is 5.32 Å². The van der Waals surface area contributed by atoms with E-state index in [9.17, 15) is 4.79 Å². The summed E-state index contributed by atoms with van der Waals surface area (Å²) in [5.41, 5.74) is 3.45. The highest BCUT2D eigenvalue weighted by molar-refractivity contribution is 5.94. The Morgan fingerprint density at radius 1 is 1.14 bits per heavy atom. The van der Waals surface area contributed by atoms with Crippen LogP contribution in [0.4, 0.5) is 5.69 Å². The third kappa shape index (κ3) is 5.45. The summed E-state index contributed by atoms with van der Waals surface area (Å²) in [6.45, 7) is 12.3. The Labute approximate surface area is 136 Å². The third-order valence-corrected chi connectivity index (χ3v) is 3.94. The molecule has 0 atom stereocenters. The lowest BCUT2D eigenvalue weighted by atomic mass is 9.92. The topological polar surface area (TPSA) is 32.3 Å². The molecule has 1 rings (SSSR count). The Kier molecular flexibility index (Phi) is 7.60. The molecule has 0 unspecified atom stereocenters. The highest BCUT2D eigenvalue weighted by Gasteiger charge is 2.16. The quantitative estimate of drug-likeness (QED) is 0.761. The first kappa shape index (κ1) is 18.7. The number of hydrogen-bond donors (Lipinski definition) is 1. The second-order valence-corrected chi connectivity index (χ2v) is 6.76. The van der Waals surface area contributed by atoms with Crippen molar-refractivity contribution in [1.29, 1.82) is 0 Å². The van der Waals surface area contributed by atoms with Gasteiger partial charge in [-0.15, -0.1) is 0 Å². The number of para-hydroxylation sites is 1. The van der Waals surface area contributed by atoms with Gasteiger partial charge in [-0.3, -0.25) is 9.69 Å². The minimum absolute atomic E-state index is 0.0774. The van der Waals surface area contributed by atoms with Crippen molar-refractivity contribution >= 4 is 11.6 Å². The summed E-state index contributed by atoms with van der Waals surface area (Å²) >= 11 is 0. The van der Waals surface area contributed by atoms with Gasteiger partial charge in [-0.05, 0) is 43.0 Å². The van der Waals surface area contributed by atoms with E-state index in [0.717, 1.165) is 25.1 Å². The van der Waals surface area contributed by atoms with Crippen molar-refractivity contribution < 1.29 is 4.79 Å². The molecule has 0 bridgehead atoms. The maximum atomic E-state index is 12.4. The van der Waals surface area contributed by atoms with Crippen LogP contribution in [-0.2, 0) is 4.79 Å². The normalized spacial score (nSPS) is 11.5. The highest BCUT2D eigenvalue weighted by atomic mass is 16.2. The van der Waals surface area contributed by atoms with Gasteiger partial charge >= 0.3 is 0 Å². The molecule has 0 aliphatic carbocycles. The van der Waals surface area contributed by atoms with Crippen molar-refractivity contribution in [1.82, 2.24) is 4.90 Å². The molecule has 22 heavy (non-hydrogen) atoms. The molecule has 0 saturated carbocycles. The fourth-order valence-electron chi connectivity index (χ4n) is 2.63. The number of rotatable bonds is 8. The molecule has 0 heterocycles. The molecule has 0 spiro atoms. The van der Waals surface area contributed by atoms with Crippen molar-refractivity contribution in [3.63, 3.8) is 0 Å². The van der Waals surface area contributed by atoms with Crippen LogP contribution in [0.15, 0.2) is 18.2 Å². The minimum atomic E-state index is 0.0774. The van der Waals surface area contributed by atoms with Gasteiger partial charge in [0, 0.05) is 5.69 Å². The summed E-state index contributed by atoms with van der Waals surface area (Å²) in [5, 5.41) is 3.17. The predicted molar refractivity (Wildman–Crippen MR) is 95.7 cm³/mol. The smallest absolute Gasteiger partial charge is 0.238 e. The van der Waals surface area contributed by atoms with Crippen LogP contribution in [0, 0.1) is 0 Å². The average Bonchev–Trinajstić information content (AvgIpc) is 2.44. The SMILES string of the molecule is CCCCN(C)CC(=O)Nc1c(C(C)C)cccc1C(C)C. The van der Waals surface area contributed by atoms with Crippen LogP contribution in [0.5, 0.6) is 0 Å². The van der Waals surface area contributed by atoms with E-state index in [-0.39, 0.29) is 5.91 Å². The summed E-state index contributed by atoms with van der Waals surface area (Å²) in [4.78, 5) is 14.5. The molecule has 1 aromatic rings. The van der Waals surface area contributed by atoms with Gasteiger partial charge in [0.25, 0.3) is 0 Å². The number of amides is 1. The van der Waals surface area contributed by atoms with E-state index < -0.39 is 0 Å². The fourth-order valence-corrected chi connectivity index (χ4v) is 2.63. The lowest BCUT2D eigenvalue weighted by Crippen LogP contribution is -2.31. The molecule has 0 saturated heterocycles. The molecular formula is C19H32N2O. The van der Waals surface area contributed by atoms with Crippen LogP contribution in [0.3, 0.4) is 0 Å². The lowest BCUT2D eigenvalue weighted by Gasteiger charge is -2.22. The molecule has 124 valence electrons. The van der Waals surface area contributed by atoms with E-state index in [2.05, 4.69) is 63.0 Å². The number of likely N-dealkylation sites (N-methyl/N-ethyl adjacent to an activating group) is 1. The van der Waals surface area contributed by atoms with Crippen LogP contribution in [0.25, 0.3) is 0 Å². The standard InChI is InChI=1S/C19H32N2O/c1-7-8-12-21(6)13-18(22)20-19-16(14(2)3)10-9-11-17(19)15(4)5/h9-11,14-15H,7-8,12-13H2,1-6H3,(H,20,22). The minimum Gasteiger partial charge on any atom is -0.324 e. The van der Waals surface area contributed by atoms with Crippen LogP contribution >= 0.6 is 0 Å². The van der Waals surface area contributed by atoms with Crippen LogP contribution in [0.1, 0.15) is 70.4 Å². The van der Waals surface area contributed by atoms with E-state index in [4.69, 9.17) is 0 Å². The summed E-state index contributed by atoms with van der Waals surface area (Å²) in [6, 6.07) is 6.33. The van der Waals surface area contributed by atoms with Gasteiger partial charge in [0.15, 0.2) is 0 Å².